The van der Waals surface area contributed by atoms with Crippen molar-refractivity contribution in [3.05, 3.63) is 64.5 Å². The van der Waals surface area contributed by atoms with Crippen LogP contribution in [0.5, 0.6) is 0 Å². The molecule has 0 aliphatic heterocycles. The van der Waals surface area contributed by atoms with Crippen LogP contribution >= 0.6 is 0 Å². The maximum Gasteiger partial charge on any atom is 0.337 e. The number of H-pyrrole nitrogens is 1. The molecule has 2 aromatic heterocycles. The Labute approximate surface area is 194 Å². The summed E-state index contributed by atoms with van der Waals surface area (Å²) in [7, 11) is 0. The van der Waals surface area contributed by atoms with E-state index in [1.807, 2.05) is 20.0 Å². The van der Waals surface area contributed by atoms with Gasteiger partial charge in [-0.15, -0.1) is 0 Å². The highest BCUT2D eigenvalue weighted by Crippen LogP contribution is 2.51. The second-order valence-corrected chi connectivity index (χ2v) is 10.4. The molecule has 1 saturated carbocycles. The lowest BCUT2D eigenvalue weighted by Gasteiger charge is -2.18. The molecule has 0 unspecified atom stereocenters. The number of hydrogen-bond donors (Lipinski definition) is 4. The molecule has 0 spiro atoms. The molecule has 0 atom stereocenters. The average molecular weight is 445 g/mol. The van der Waals surface area contributed by atoms with Crippen LogP contribution in [0.1, 0.15) is 65.9 Å². The minimum Gasteiger partial charge on any atom is -0.478 e. The van der Waals surface area contributed by atoms with Crippen molar-refractivity contribution in [1.29, 1.82) is 0 Å². The number of benzene rings is 1. The first kappa shape index (κ1) is 21.9. The molecule has 2 heterocycles. The van der Waals surface area contributed by atoms with Gasteiger partial charge in [0.15, 0.2) is 0 Å². The third-order valence-electron chi connectivity index (χ3n) is 7.30. The van der Waals surface area contributed by atoms with Crippen LogP contribution in [0.15, 0.2) is 36.5 Å². The standard InChI is InChI=1S/C27H32N4O2/c1-26(2,29)10-9-16-3-5-17(6-4-16)21-13-20-18(14-30-21)7-8-19-22(25(32)33)24(31-23(19)20)27(15-28)11-12-27/h3-6,13-14,31H,7-12,15,28-29H2,1-2H3,(H,32,33). The zero-order valence-corrected chi connectivity index (χ0v) is 19.4. The zero-order valence-electron chi connectivity index (χ0n) is 19.4. The zero-order chi connectivity index (χ0) is 23.4. The summed E-state index contributed by atoms with van der Waals surface area (Å²) in [4.78, 5) is 20.4. The van der Waals surface area contributed by atoms with Crippen LogP contribution < -0.4 is 11.5 Å². The molecule has 2 aliphatic rings. The van der Waals surface area contributed by atoms with Crippen molar-refractivity contribution < 1.29 is 9.90 Å². The summed E-state index contributed by atoms with van der Waals surface area (Å²) in [5.41, 5.74) is 20.2. The highest BCUT2D eigenvalue weighted by atomic mass is 16.4. The van der Waals surface area contributed by atoms with E-state index in [-0.39, 0.29) is 11.0 Å². The van der Waals surface area contributed by atoms with Crippen LogP contribution in [-0.4, -0.2) is 33.1 Å². The van der Waals surface area contributed by atoms with E-state index >= 15 is 0 Å². The number of hydrogen-bond acceptors (Lipinski definition) is 4. The Morgan fingerprint density at radius 1 is 1.21 bits per heavy atom. The van der Waals surface area contributed by atoms with Gasteiger partial charge in [0.25, 0.3) is 0 Å². The van der Waals surface area contributed by atoms with Crippen LogP contribution in [0.2, 0.25) is 0 Å². The molecule has 5 rings (SSSR count). The molecule has 6 N–H and O–H groups in total. The fourth-order valence-corrected chi connectivity index (χ4v) is 5.00. The molecule has 2 aliphatic carbocycles. The van der Waals surface area contributed by atoms with Gasteiger partial charge in [-0.3, -0.25) is 4.98 Å². The van der Waals surface area contributed by atoms with Gasteiger partial charge in [0.1, 0.15) is 0 Å². The number of nitrogens with two attached hydrogens (primary N) is 2. The summed E-state index contributed by atoms with van der Waals surface area (Å²) in [5, 5.41) is 10.0. The summed E-state index contributed by atoms with van der Waals surface area (Å²) in [6, 6.07) is 10.6. The van der Waals surface area contributed by atoms with Crippen LogP contribution in [-0.2, 0) is 24.7 Å². The Bertz CT molecular complexity index is 1210. The lowest BCUT2D eigenvalue weighted by molar-refractivity contribution is 0.0694. The number of aromatic amines is 1. The summed E-state index contributed by atoms with van der Waals surface area (Å²) in [5.74, 6) is -0.865. The highest BCUT2D eigenvalue weighted by molar-refractivity contribution is 5.95. The molecule has 1 fully saturated rings. The number of rotatable bonds is 7. The molecule has 0 saturated heterocycles. The first-order chi connectivity index (χ1) is 15.7. The van der Waals surface area contributed by atoms with E-state index in [1.54, 1.807) is 0 Å². The Morgan fingerprint density at radius 2 is 1.94 bits per heavy atom. The Kier molecular flexibility index (Phi) is 5.18. The van der Waals surface area contributed by atoms with E-state index in [0.717, 1.165) is 71.4 Å². The molecule has 33 heavy (non-hydrogen) atoms. The van der Waals surface area contributed by atoms with Gasteiger partial charge in [-0.1, -0.05) is 24.3 Å². The van der Waals surface area contributed by atoms with Crippen LogP contribution in [0.25, 0.3) is 22.5 Å². The van der Waals surface area contributed by atoms with E-state index < -0.39 is 5.97 Å². The maximum absolute atomic E-state index is 12.2. The monoisotopic (exact) mass is 444 g/mol. The number of fused-ring (bicyclic) bond motifs is 3. The molecule has 0 amide bonds. The van der Waals surface area contributed by atoms with Crippen molar-refractivity contribution in [3.8, 4) is 22.5 Å². The molecule has 0 radical (unpaired) electrons. The highest BCUT2D eigenvalue weighted by Gasteiger charge is 2.48. The van der Waals surface area contributed by atoms with E-state index in [2.05, 4.69) is 35.3 Å². The van der Waals surface area contributed by atoms with E-state index in [4.69, 9.17) is 16.5 Å². The number of aromatic nitrogens is 2. The number of aryl methyl sites for hydroxylation is 2. The van der Waals surface area contributed by atoms with E-state index in [1.165, 1.54) is 5.56 Å². The topological polar surface area (TPSA) is 118 Å². The SMILES string of the molecule is CC(C)(N)CCc1ccc(-c2cc3c(cn2)CCc2c-3[nH]c(C3(CN)CC3)c2C(=O)O)cc1. The summed E-state index contributed by atoms with van der Waals surface area (Å²) in [6.07, 6.45) is 7.17. The smallest absolute Gasteiger partial charge is 0.337 e. The molecular formula is C27H32N4O2. The van der Waals surface area contributed by atoms with E-state index in [0.29, 0.717) is 18.5 Å². The minimum absolute atomic E-state index is 0.178. The summed E-state index contributed by atoms with van der Waals surface area (Å²) >= 11 is 0. The Hall–Kier alpha value is -2.96. The fraction of sp³-hybridized carbons (Fsp3) is 0.407. The lowest BCUT2D eigenvalue weighted by atomic mass is 9.87. The van der Waals surface area contributed by atoms with E-state index in [9.17, 15) is 9.90 Å². The minimum atomic E-state index is -0.865. The van der Waals surface area contributed by atoms with Gasteiger partial charge >= 0.3 is 5.97 Å². The molecule has 172 valence electrons. The fourth-order valence-electron chi connectivity index (χ4n) is 5.00. The normalized spacial score (nSPS) is 16.2. The van der Waals surface area contributed by atoms with Crippen LogP contribution in [0, 0.1) is 0 Å². The number of pyridine rings is 1. The van der Waals surface area contributed by atoms with Crippen LogP contribution in [0.3, 0.4) is 0 Å². The molecule has 1 aromatic carbocycles. The quantitative estimate of drug-likeness (QED) is 0.436. The van der Waals surface area contributed by atoms with Gasteiger partial charge in [-0.05, 0) is 75.1 Å². The number of carboxylic acids is 1. The van der Waals surface area contributed by atoms with Gasteiger partial charge in [0, 0.05) is 40.5 Å². The van der Waals surface area contributed by atoms with Crippen molar-refractivity contribution in [2.24, 2.45) is 11.5 Å². The van der Waals surface area contributed by atoms with Crippen molar-refractivity contribution in [2.45, 2.75) is 63.3 Å². The molecule has 0 bridgehead atoms. The maximum atomic E-state index is 12.2. The number of carbonyl (C=O) groups is 1. The van der Waals surface area contributed by atoms with Crippen molar-refractivity contribution >= 4 is 5.97 Å². The predicted octanol–water partition coefficient (Wildman–Crippen LogP) is 4.20. The largest absolute Gasteiger partial charge is 0.478 e. The molecule has 6 nitrogen and oxygen atoms in total. The number of aromatic carboxylic acids is 1. The first-order valence-corrected chi connectivity index (χ1v) is 11.8. The molecule has 6 heteroatoms. The predicted molar refractivity (Wildman–Crippen MR) is 130 cm³/mol. The van der Waals surface area contributed by atoms with Crippen LogP contribution in [0.4, 0.5) is 0 Å². The Morgan fingerprint density at radius 3 is 2.55 bits per heavy atom. The third-order valence-corrected chi connectivity index (χ3v) is 7.30. The van der Waals surface area contributed by atoms with Gasteiger partial charge < -0.3 is 21.6 Å². The van der Waals surface area contributed by atoms with Crippen molar-refractivity contribution in [2.75, 3.05) is 6.54 Å². The summed E-state index contributed by atoms with van der Waals surface area (Å²) < 4.78 is 0. The first-order valence-electron chi connectivity index (χ1n) is 11.8. The average Bonchev–Trinajstić information content (AvgIpc) is 3.49. The third kappa shape index (κ3) is 3.98. The number of nitrogens with one attached hydrogen (secondary N) is 1. The number of carboxylic acid groups (broad SMARTS) is 1. The lowest BCUT2D eigenvalue weighted by Crippen LogP contribution is -2.32. The Balaban J connectivity index is 1.51. The van der Waals surface area contributed by atoms with Gasteiger partial charge in [0.05, 0.1) is 17.0 Å². The van der Waals surface area contributed by atoms with Gasteiger partial charge in [0.2, 0.25) is 0 Å². The van der Waals surface area contributed by atoms with Gasteiger partial charge in [-0.2, -0.15) is 0 Å². The molecule has 3 aromatic rings. The summed E-state index contributed by atoms with van der Waals surface area (Å²) in [6.45, 7) is 4.56. The van der Waals surface area contributed by atoms with Crippen molar-refractivity contribution in [3.63, 3.8) is 0 Å². The number of nitrogens with zero attached hydrogens (tertiary/aromatic N) is 1. The molecular weight excluding hydrogens is 412 g/mol. The second kappa shape index (κ2) is 7.82. The van der Waals surface area contributed by atoms with Crippen molar-refractivity contribution in [1.82, 2.24) is 9.97 Å². The second-order valence-electron chi connectivity index (χ2n) is 10.4. The van der Waals surface area contributed by atoms with Gasteiger partial charge in [-0.25, -0.2) is 4.79 Å².